The van der Waals surface area contributed by atoms with E-state index in [1.165, 1.54) is 12.1 Å². The highest BCUT2D eigenvalue weighted by molar-refractivity contribution is 6.03. The normalized spacial score (nSPS) is 11.1. The molecule has 0 amide bonds. The summed E-state index contributed by atoms with van der Waals surface area (Å²) in [5.41, 5.74) is 2.44. The van der Waals surface area contributed by atoms with Crippen LogP contribution in [0.15, 0.2) is 120 Å². The number of aliphatic imine (C=N–C) groups is 1. The third-order valence-electron chi connectivity index (χ3n) is 5.37. The van der Waals surface area contributed by atoms with Crippen molar-refractivity contribution < 1.29 is 13.9 Å². The molecule has 0 unspecified atom stereocenters. The molecule has 0 radical (unpaired) electrons. The molecule has 0 heterocycles. The van der Waals surface area contributed by atoms with Gasteiger partial charge in [-0.15, -0.1) is 0 Å². The van der Waals surface area contributed by atoms with Crippen molar-refractivity contribution in [3.8, 4) is 17.2 Å². The van der Waals surface area contributed by atoms with E-state index in [4.69, 9.17) is 9.47 Å². The molecule has 5 aromatic rings. The van der Waals surface area contributed by atoms with Crippen LogP contribution in [-0.4, -0.2) is 6.21 Å². The first kappa shape index (κ1) is 21.4. The fourth-order valence-corrected chi connectivity index (χ4v) is 3.69. The van der Waals surface area contributed by atoms with Gasteiger partial charge in [-0.25, -0.2) is 4.39 Å². The summed E-state index contributed by atoms with van der Waals surface area (Å²) >= 11 is 0. The summed E-state index contributed by atoms with van der Waals surface area (Å²) in [4.78, 5) is 4.68. The number of hydrogen-bond donors (Lipinski definition) is 0. The predicted octanol–water partition coefficient (Wildman–Crippen LogP) is 8.10. The molecule has 0 spiro atoms. The van der Waals surface area contributed by atoms with Crippen molar-refractivity contribution in [2.45, 2.75) is 6.61 Å². The molecule has 0 saturated carbocycles. The van der Waals surface area contributed by atoms with Crippen LogP contribution in [0.1, 0.15) is 11.1 Å². The monoisotopic (exact) mass is 447 g/mol. The summed E-state index contributed by atoms with van der Waals surface area (Å²) < 4.78 is 25.5. The van der Waals surface area contributed by atoms with E-state index in [0.29, 0.717) is 5.75 Å². The summed E-state index contributed by atoms with van der Waals surface area (Å²) in [7, 11) is 0. The van der Waals surface area contributed by atoms with Crippen molar-refractivity contribution in [1.82, 2.24) is 0 Å². The third kappa shape index (κ3) is 5.13. The fraction of sp³-hybridized carbons (Fsp3) is 0.0333. The standard InChI is InChI=1S/C30H22FNO2/c31-24-9-6-7-22(19-24)21-33-30-18-13-23-8-4-5-12-28(23)29(30)20-32-25-14-16-27(17-15-25)34-26-10-2-1-3-11-26/h1-20H,21H2. The summed E-state index contributed by atoms with van der Waals surface area (Å²) in [5.74, 6) is 1.95. The molecular weight excluding hydrogens is 425 g/mol. The van der Waals surface area contributed by atoms with Gasteiger partial charge in [0.2, 0.25) is 0 Å². The van der Waals surface area contributed by atoms with Crippen LogP contribution in [0, 0.1) is 5.82 Å². The molecule has 34 heavy (non-hydrogen) atoms. The lowest BCUT2D eigenvalue weighted by Gasteiger charge is -2.12. The van der Waals surface area contributed by atoms with Crippen LogP contribution in [0.2, 0.25) is 0 Å². The first-order valence-corrected chi connectivity index (χ1v) is 11.0. The maximum absolute atomic E-state index is 13.6. The molecule has 0 bridgehead atoms. The Hall–Kier alpha value is -4.44. The van der Waals surface area contributed by atoms with Gasteiger partial charge < -0.3 is 9.47 Å². The zero-order chi connectivity index (χ0) is 23.2. The number of benzene rings is 5. The maximum atomic E-state index is 13.6. The van der Waals surface area contributed by atoms with E-state index in [9.17, 15) is 4.39 Å². The quantitative estimate of drug-likeness (QED) is 0.236. The number of halogens is 1. The van der Waals surface area contributed by atoms with Crippen molar-refractivity contribution in [3.63, 3.8) is 0 Å². The minimum Gasteiger partial charge on any atom is -0.488 e. The molecule has 0 saturated heterocycles. The lowest BCUT2D eigenvalue weighted by Crippen LogP contribution is -1.99. The molecule has 5 aromatic carbocycles. The zero-order valence-electron chi connectivity index (χ0n) is 18.4. The molecule has 0 aliphatic rings. The molecular formula is C30H22FNO2. The van der Waals surface area contributed by atoms with Crippen molar-refractivity contribution in [1.29, 1.82) is 0 Å². The summed E-state index contributed by atoms with van der Waals surface area (Å²) in [6, 6.07) is 35.7. The van der Waals surface area contributed by atoms with Gasteiger partial charge in [0.1, 0.15) is 29.7 Å². The maximum Gasteiger partial charge on any atom is 0.129 e. The zero-order valence-corrected chi connectivity index (χ0v) is 18.4. The Morgan fingerprint density at radius 1 is 0.706 bits per heavy atom. The fourth-order valence-electron chi connectivity index (χ4n) is 3.69. The van der Waals surface area contributed by atoms with Gasteiger partial charge in [-0.3, -0.25) is 4.99 Å². The Kier molecular flexibility index (Phi) is 6.30. The number of ether oxygens (including phenoxy) is 2. The lowest BCUT2D eigenvalue weighted by molar-refractivity contribution is 0.305. The second-order valence-corrected chi connectivity index (χ2v) is 7.78. The predicted molar refractivity (Wildman–Crippen MR) is 135 cm³/mol. The van der Waals surface area contributed by atoms with Gasteiger partial charge in [-0.05, 0) is 70.9 Å². The van der Waals surface area contributed by atoms with Crippen LogP contribution in [0.3, 0.4) is 0 Å². The van der Waals surface area contributed by atoms with Gasteiger partial charge in [0.25, 0.3) is 0 Å². The van der Waals surface area contributed by atoms with Gasteiger partial charge in [0.05, 0.1) is 5.69 Å². The van der Waals surface area contributed by atoms with Crippen LogP contribution < -0.4 is 9.47 Å². The van der Waals surface area contributed by atoms with E-state index < -0.39 is 0 Å². The molecule has 0 aliphatic carbocycles. The van der Waals surface area contributed by atoms with Gasteiger partial charge in [-0.1, -0.05) is 60.7 Å². The van der Waals surface area contributed by atoms with Crippen LogP contribution in [0.5, 0.6) is 17.2 Å². The van der Waals surface area contributed by atoms with Crippen LogP contribution in [-0.2, 0) is 6.61 Å². The van der Waals surface area contributed by atoms with Crippen molar-refractivity contribution >= 4 is 22.7 Å². The number of rotatable bonds is 7. The molecule has 4 heteroatoms. The van der Waals surface area contributed by atoms with Gasteiger partial charge in [-0.2, -0.15) is 0 Å². The molecule has 0 N–H and O–H groups in total. The van der Waals surface area contributed by atoms with Crippen LogP contribution >= 0.6 is 0 Å². The lowest BCUT2D eigenvalue weighted by atomic mass is 10.0. The van der Waals surface area contributed by atoms with Gasteiger partial charge >= 0.3 is 0 Å². The summed E-state index contributed by atoms with van der Waals surface area (Å²) in [6.45, 7) is 0.266. The molecule has 5 rings (SSSR count). The first-order chi connectivity index (χ1) is 16.7. The Bertz CT molecular complexity index is 1430. The van der Waals surface area contributed by atoms with Gasteiger partial charge in [0, 0.05) is 11.8 Å². The molecule has 166 valence electrons. The summed E-state index contributed by atoms with van der Waals surface area (Å²) in [5, 5.41) is 2.13. The van der Waals surface area contributed by atoms with Crippen molar-refractivity contribution in [3.05, 3.63) is 132 Å². The second kappa shape index (κ2) is 10.0. The van der Waals surface area contributed by atoms with E-state index >= 15 is 0 Å². The Morgan fingerprint density at radius 3 is 2.29 bits per heavy atom. The van der Waals surface area contributed by atoms with E-state index in [1.54, 1.807) is 6.07 Å². The summed E-state index contributed by atoms with van der Waals surface area (Å²) in [6.07, 6.45) is 1.82. The number of nitrogens with zero attached hydrogens (tertiary/aromatic N) is 1. The SMILES string of the molecule is Fc1cccc(COc2ccc3ccccc3c2C=Nc2ccc(Oc3ccccc3)cc2)c1. The molecule has 0 atom stereocenters. The number of fused-ring (bicyclic) bond motifs is 1. The molecule has 0 fully saturated rings. The van der Waals surface area contributed by atoms with E-state index in [0.717, 1.165) is 39.1 Å². The third-order valence-corrected chi connectivity index (χ3v) is 5.37. The largest absolute Gasteiger partial charge is 0.488 e. The Labute approximate surface area is 197 Å². The molecule has 0 aromatic heterocycles. The first-order valence-electron chi connectivity index (χ1n) is 11.0. The topological polar surface area (TPSA) is 30.8 Å². The van der Waals surface area contributed by atoms with Crippen molar-refractivity contribution in [2.24, 2.45) is 4.99 Å². The van der Waals surface area contributed by atoms with Crippen molar-refractivity contribution in [2.75, 3.05) is 0 Å². The number of para-hydroxylation sites is 1. The van der Waals surface area contributed by atoms with E-state index in [2.05, 4.69) is 11.1 Å². The second-order valence-electron chi connectivity index (χ2n) is 7.78. The van der Waals surface area contributed by atoms with E-state index in [1.807, 2.05) is 97.2 Å². The van der Waals surface area contributed by atoms with Crippen LogP contribution in [0.25, 0.3) is 10.8 Å². The Balaban J connectivity index is 1.39. The highest BCUT2D eigenvalue weighted by Gasteiger charge is 2.08. The highest BCUT2D eigenvalue weighted by Crippen LogP contribution is 2.29. The smallest absolute Gasteiger partial charge is 0.129 e. The van der Waals surface area contributed by atoms with Crippen LogP contribution in [0.4, 0.5) is 10.1 Å². The minimum atomic E-state index is -0.277. The molecule has 3 nitrogen and oxygen atoms in total. The average molecular weight is 448 g/mol. The van der Waals surface area contributed by atoms with E-state index in [-0.39, 0.29) is 12.4 Å². The molecule has 0 aliphatic heterocycles. The van der Waals surface area contributed by atoms with Gasteiger partial charge in [0.15, 0.2) is 0 Å². The minimum absolute atomic E-state index is 0.266. The Morgan fingerprint density at radius 2 is 1.47 bits per heavy atom. The number of hydrogen-bond acceptors (Lipinski definition) is 3. The average Bonchev–Trinajstić information content (AvgIpc) is 2.88. The highest BCUT2D eigenvalue weighted by atomic mass is 19.1.